The summed E-state index contributed by atoms with van der Waals surface area (Å²) in [6.07, 6.45) is 4.27. The number of aryl methyl sites for hydroxylation is 1. The van der Waals surface area contributed by atoms with Gasteiger partial charge in [-0.05, 0) is 67.3 Å². The largest absolute Gasteiger partial charge is 0.268 e. The summed E-state index contributed by atoms with van der Waals surface area (Å²) in [6.45, 7) is 6.73. The molecule has 0 radical (unpaired) electrons. The van der Waals surface area contributed by atoms with Gasteiger partial charge in [-0.25, -0.2) is 8.97 Å². The molecule has 1 aliphatic rings. The lowest BCUT2D eigenvalue weighted by Crippen LogP contribution is -2.22. The number of fused-ring (bicyclic) bond motifs is 5. The molecular weight excluding hydrogens is 448 g/mol. The van der Waals surface area contributed by atoms with Crippen molar-refractivity contribution in [3.8, 4) is 5.69 Å². The zero-order chi connectivity index (χ0) is 21.7. The van der Waals surface area contributed by atoms with Gasteiger partial charge in [-0.1, -0.05) is 44.1 Å². The zero-order valence-corrected chi connectivity index (χ0v) is 20.3. The van der Waals surface area contributed by atoms with E-state index < -0.39 is 0 Å². The summed E-state index contributed by atoms with van der Waals surface area (Å²) in [5, 5.41) is 11.3. The van der Waals surface area contributed by atoms with Gasteiger partial charge in [0.25, 0.3) is 5.56 Å². The summed E-state index contributed by atoms with van der Waals surface area (Å²) in [4.78, 5) is 16.2. The third-order valence-electron chi connectivity index (χ3n) is 5.94. The van der Waals surface area contributed by atoms with Crippen molar-refractivity contribution in [3.63, 3.8) is 0 Å². The van der Waals surface area contributed by atoms with Crippen molar-refractivity contribution in [2.45, 2.75) is 51.6 Å². The minimum absolute atomic E-state index is 0.0115. The molecule has 0 N–H and O–H groups in total. The Bertz CT molecular complexity index is 1320. The van der Waals surface area contributed by atoms with Gasteiger partial charge in [-0.15, -0.1) is 21.5 Å². The van der Waals surface area contributed by atoms with E-state index in [1.807, 2.05) is 24.3 Å². The number of hydrogen-bond donors (Lipinski definition) is 0. The Kier molecular flexibility index (Phi) is 5.61. The molecule has 162 valence electrons. The van der Waals surface area contributed by atoms with Gasteiger partial charge in [0, 0.05) is 15.7 Å². The first kappa shape index (κ1) is 21.0. The van der Waals surface area contributed by atoms with Gasteiger partial charge in [-0.2, -0.15) is 0 Å². The summed E-state index contributed by atoms with van der Waals surface area (Å²) < 4.78 is 3.80. The molecule has 1 aliphatic carbocycles. The number of thioether (sulfide) groups is 1. The molecule has 0 saturated carbocycles. The molecule has 1 aromatic carbocycles. The Morgan fingerprint density at radius 2 is 2.03 bits per heavy atom. The summed E-state index contributed by atoms with van der Waals surface area (Å²) in [6, 6.07) is 7.36. The predicted molar refractivity (Wildman–Crippen MR) is 130 cm³/mol. The maximum absolute atomic E-state index is 13.8. The Morgan fingerprint density at radius 3 is 2.77 bits per heavy atom. The van der Waals surface area contributed by atoms with E-state index in [4.69, 9.17) is 11.6 Å². The average Bonchev–Trinajstić information content (AvgIpc) is 3.30. The summed E-state index contributed by atoms with van der Waals surface area (Å²) in [5.41, 5.74) is 1.97. The highest BCUT2D eigenvalue weighted by Crippen LogP contribution is 2.38. The highest BCUT2D eigenvalue weighted by molar-refractivity contribution is 7.99. The molecule has 3 aromatic heterocycles. The minimum Gasteiger partial charge on any atom is -0.268 e. The summed E-state index contributed by atoms with van der Waals surface area (Å²) in [7, 11) is 0. The highest BCUT2D eigenvalue weighted by atomic mass is 35.5. The molecule has 1 atom stereocenters. The van der Waals surface area contributed by atoms with Gasteiger partial charge in [-0.3, -0.25) is 4.79 Å². The van der Waals surface area contributed by atoms with Crippen molar-refractivity contribution in [1.82, 2.24) is 19.2 Å². The number of hydrogen-bond acceptors (Lipinski definition) is 5. The van der Waals surface area contributed by atoms with E-state index in [9.17, 15) is 4.79 Å². The quantitative estimate of drug-likeness (QED) is 0.334. The fraction of sp³-hybridized carbons (Fsp3) is 0.435. The van der Waals surface area contributed by atoms with E-state index in [-0.39, 0.29) is 5.56 Å². The smallest absolute Gasteiger partial charge is 0.268 e. The van der Waals surface area contributed by atoms with Crippen molar-refractivity contribution in [3.05, 3.63) is 50.1 Å². The second-order valence-corrected chi connectivity index (χ2v) is 11.4. The molecule has 0 aliphatic heterocycles. The lowest BCUT2D eigenvalue weighted by Gasteiger charge is -2.18. The number of aromatic nitrogens is 4. The van der Waals surface area contributed by atoms with Gasteiger partial charge in [0.1, 0.15) is 4.83 Å². The first-order chi connectivity index (χ1) is 14.9. The van der Waals surface area contributed by atoms with Crippen LogP contribution < -0.4 is 5.56 Å². The van der Waals surface area contributed by atoms with Crippen LogP contribution >= 0.6 is 34.7 Å². The SMILES string of the molecule is CC(C)CCSc1nnc2n(-c3ccc(Cl)cc3)c(=O)c3c4c(sc3n12)CC[C@H](C)C4. The fourth-order valence-electron chi connectivity index (χ4n) is 4.21. The van der Waals surface area contributed by atoms with E-state index in [2.05, 4.69) is 35.4 Å². The van der Waals surface area contributed by atoms with Gasteiger partial charge in [0.15, 0.2) is 5.16 Å². The third kappa shape index (κ3) is 3.70. The topological polar surface area (TPSA) is 52.2 Å². The second-order valence-electron chi connectivity index (χ2n) is 8.80. The van der Waals surface area contributed by atoms with Crippen LogP contribution in [0.4, 0.5) is 0 Å². The Hall–Kier alpha value is -1.83. The minimum atomic E-state index is -0.0115. The zero-order valence-electron chi connectivity index (χ0n) is 17.9. The van der Waals surface area contributed by atoms with Crippen LogP contribution in [0.1, 0.15) is 44.1 Å². The Labute approximate surface area is 194 Å². The molecule has 0 bridgehead atoms. The van der Waals surface area contributed by atoms with Crippen molar-refractivity contribution >= 4 is 50.7 Å². The maximum Gasteiger partial charge on any atom is 0.268 e. The van der Waals surface area contributed by atoms with Crippen LogP contribution in [0.2, 0.25) is 5.02 Å². The fourth-order valence-corrected chi connectivity index (χ4v) is 6.90. The standard InChI is InChI=1S/C23H25ClN4OS2/c1-13(2)10-11-30-23-26-25-22-27(16-7-5-15(24)6-8-16)20(29)19-17-12-14(3)4-9-18(17)31-21(19)28(22)23/h5-8,13-14H,4,9-12H2,1-3H3/t14-/m0/s1. The van der Waals surface area contributed by atoms with Crippen molar-refractivity contribution in [2.75, 3.05) is 5.75 Å². The molecular formula is C23H25ClN4OS2. The van der Waals surface area contributed by atoms with Gasteiger partial charge in [0.05, 0.1) is 11.1 Å². The van der Waals surface area contributed by atoms with E-state index in [0.29, 0.717) is 22.6 Å². The Morgan fingerprint density at radius 1 is 1.26 bits per heavy atom. The molecule has 0 unspecified atom stereocenters. The van der Waals surface area contributed by atoms with Crippen LogP contribution in [0, 0.1) is 11.8 Å². The van der Waals surface area contributed by atoms with Crippen LogP contribution in [-0.4, -0.2) is 24.9 Å². The van der Waals surface area contributed by atoms with Gasteiger partial charge < -0.3 is 0 Å². The molecule has 0 saturated heterocycles. The molecule has 0 fully saturated rings. The molecule has 4 aromatic rings. The number of halogens is 1. The maximum atomic E-state index is 13.8. The summed E-state index contributed by atoms with van der Waals surface area (Å²) in [5.74, 6) is 2.76. The van der Waals surface area contributed by atoms with Gasteiger partial charge >= 0.3 is 0 Å². The number of benzene rings is 1. The van der Waals surface area contributed by atoms with Crippen molar-refractivity contribution in [1.29, 1.82) is 0 Å². The normalized spacial score (nSPS) is 16.5. The molecule has 5 nitrogen and oxygen atoms in total. The van der Waals surface area contributed by atoms with Crippen molar-refractivity contribution in [2.24, 2.45) is 11.8 Å². The van der Waals surface area contributed by atoms with Gasteiger partial charge in [0.2, 0.25) is 5.78 Å². The summed E-state index contributed by atoms with van der Waals surface area (Å²) >= 11 is 9.57. The number of nitrogens with zero attached hydrogens (tertiary/aromatic N) is 4. The predicted octanol–water partition coefficient (Wildman–Crippen LogP) is 6.01. The van der Waals surface area contributed by atoms with Crippen LogP contribution in [0.3, 0.4) is 0 Å². The van der Waals surface area contributed by atoms with Crippen molar-refractivity contribution < 1.29 is 0 Å². The van der Waals surface area contributed by atoms with E-state index >= 15 is 0 Å². The number of rotatable bonds is 5. The van der Waals surface area contributed by atoms with Crippen LogP contribution in [0.5, 0.6) is 0 Å². The molecule has 8 heteroatoms. The molecule has 0 amide bonds. The molecule has 3 heterocycles. The lowest BCUT2D eigenvalue weighted by atomic mass is 9.89. The molecule has 0 spiro atoms. The highest BCUT2D eigenvalue weighted by Gasteiger charge is 2.27. The van der Waals surface area contributed by atoms with E-state index in [0.717, 1.165) is 46.1 Å². The third-order valence-corrected chi connectivity index (χ3v) is 8.43. The monoisotopic (exact) mass is 472 g/mol. The lowest BCUT2D eigenvalue weighted by molar-refractivity contribution is 0.508. The average molecular weight is 473 g/mol. The van der Waals surface area contributed by atoms with Crippen LogP contribution in [0.15, 0.2) is 34.2 Å². The Balaban J connectivity index is 1.80. The molecule has 5 rings (SSSR count). The first-order valence-electron chi connectivity index (χ1n) is 10.8. The van der Waals surface area contributed by atoms with Crippen LogP contribution in [0.25, 0.3) is 21.7 Å². The first-order valence-corrected chi connectivity index (χ1v) is 12.9. The van der Waals surface area contributed by atoms with E-state index in [1.165, 1.54) is 16.9 Å². The molecule has 31 heavy (non-hydrogen) atoms. The van der Waals surface area contributed by atoms with E-state index in [1.54, 1.807) is 27.7 Å². The second kappa shape index (κ2) is 8.26. The number of thiophene rings is 1. The van der Waals surface area contributed by atoms with Crippen LogP contribution in [-0.2, 0) is 12.8 Å².